The Morgan fingerprint density at radius 1 is 1.23 bits per heavy atom. The van der Waals surface area contributed by atoms with Crippen molar-refractivity contribution >= 4 is 5.91 Å². The standard InChI is InChI=1S/C16H14F2N2O2/c1-9-6-10(7-14(21)19-9)15(22)20-16(4-5-16)12-8-11(17)2-3-13(12)18/h2-3,6-8H,4-5H2,1H3,(H,19,21)(H,20,22). The molecule has 0 saturated heterocycles. The number of benzene rings is 1. The Kier molecular flexibility index (Phi) is 3.31. The summed E-state index contributed by atoms with van der Waals surface area (Å²) < 4.78 is 27.3. The maximum atomic E-state index is 13.9. The van der Waals surface area contributed by atoms with Gasteiger partial charge in [-0.15, -0.1) is 0 Å². The summed E-state index contributed by atoms with van der Waals surface area (Å²) in [7, 11) is 0. The Morgan fingerprint density at radius 2 is 1.95 bits per heavy atom. The second-order valence-electron chi connectivity index (χ2n) is 5.58. The molecule has 2 N–H and O–H groups in total. The average Bonchev–Trinajstić information content (AvgIpc) is 3.21. The van der Waals surface area contributed by atoms with Gasteiger partial charge >= 0.3 is 0 Å². The van der Waals surface area contributed by atoms with Crippen LogP contribution in [0.5, 0.6) is 0 Å². The molecule has 3 rings (SSSR count). The van der Waals surface area contributed by atoms with Crippen molar-refractivity contribution in [1.82, 2.24) is 10.3 Å². The van der Waals surface area contributed by atoms with Gasteiger partial charge in [0.2, 0.25) is 5.56 Å². The molecule has 1 saturated carbocycles. The van der Waals surface area contributed by atoms with Gasteiger partial charge in [0, 0.05) is 22.9 Å². The second-order valence-corrected chi connectivity index (χ2v) is 5.58. The van der Waals surface area contributed by atoms with E-state index in [1.807, 2.05) is 0 Å². The predicted molar refractivity (Wildman–Crippen MR) is 76.5 cm³/mol. The minimum absolute atomic E-state index is 0.141. The number of hydrogen-bond donors (Lipinski definition) is 2. The summed E-state index contributed by atoms with van der Waals surface area (Å²) in [4.78, 5) is 26.3. The van der Waals surface area contributed by atoms with Gasteiger partial charge in [0.1, 0.15) is 11.6 Å². The Bertz CT molecular complexity index is 810. The highest BCUT2D eigenvalue weighted by Gasteiger charge is 2.47. The summed E-state index contributed by atoms with van der Waals surface area (Å²) in [6.07, 6.45) is 1.06. The summed E-state index contributed by atoms with van der Waals surface area (Å²) in [6.45, 7) is 1.66. The smallest absolute Gasteiger partial charge is 0.252 e. The molecule has 0 radical (unpaired) electrons. The number of aromatic nitrogens is 1. The zero-order chi connectivity index (χ0) is 15.9. The fourth-order valence-electron chi connectivity index (χ4n) is 2.55. The van der Waals surface area contributed by atoms with E-state index in [2.05, 4.69) is 10.3 Å². The van der Waals surface area contributed by atoms with Crippen LogP contribution in [0.1, 0.15) is 34.5 Å². The monoisotopic (exact) mass is 304 g/mol. The number of pyridine rings is 1. The summed E-state index contributed by atoms with van der Waals surface area (Å²) in [6, 6.07) is 5.91. The Balaban J connectivity index is 1.90. The number of aromatic amines is 1. The summed E-state index contributed by atoms with van der Waals surface area (Å²) >= 11 is 0. The van der Waals surface area contributed by atoms with E-state index in [1.165, 1.54) is 12.1 Å². The van der Waals surface area contributed by atoms with Gasteiger partial charge in [0.25, 0.3) is 5.91 Å². The average molecular weight is 304 g/mol. The number of amides is 1. The topological polar surface area (TPSA) is 62.0 Å². The number of halogens is 2. The summed E-state index contributed by atoms with van der Waals surface area (Å²) in [5.41, 5.74) is -0.377. The van der Waals surface area contributed by atoms with Crippen LogP contribution in [0.3, 0.4) is 0 Å². The van der Waals surface area contributed by atoms with Gasteiger partial charge in [-0.25, -0.2) is 8.78 Å². The molecule has 0 aliphatic heterocycles. The summed E-state index contributed by atoms with van der Waals surface area (Å²) in [5, 5.41) is 2.72. The first kappa shape index (κ1) is 14.4. The normalized spacial score (nSPS) is 15.4. The van der Waals surface area contributed by atoms with Gasteiger partial charge < -0.3 is 10.3 Å². The molecule has 114 valence electrons. The highest BCUT2D eigenvalue weighted by Crippen LogP contribution is 2.46. The first-order valence-electron chi connectivity index (χ1n) is 6.89. The van der Waals surface area contributed by atoms with Gasteiger partial charge in [-0.2, -0.15) is 0 Å². The third-order valence-corrected chi connectivity index (χ3v) is 3.79. The number of aryl methyl sites for hydroxylation is 1. The van der Waals surface area contributed by atoms with Crippen LogP contribution < -0.4 is 10.9 Å². The third-order valence-electron chi connectivity index (χ3n) is 3.79. The van der Waals surface area contributed by atoms with Gasteiger partial charge in [-0.1, -0.05) is 0 Å². The zero-order valence-electron chi connectivity index (χ0n) is 11.9. The van der Waals surface area contributed by atoms with Gasteiger partial charge in [-0.3, -0.25) is 9.59 Å². The van der Waals surface area contributed by atoms with E-state index in [-0.39, 0.29) is 16.7 Å². The van der Waals surface area contributed by atoms with Crippen LogP contribution in [-0.2, 0) is 5.54 Å². The van der Waals surface area contributed by atoms with E-state index >= 15 is 0 Å². The number of hydrogen-bond acceptors (Lipinski definition) is 2. The van der Waals surface area contributed by atoms with Crippen LogP contribution in [0.4, 0.5) is 8.78 Å². The predicted octanol–water partition coefficient (Wildman–Crippen LogP) is 2.38. The van der Waals surface area contributed by atoms with E-state index in [4.69, 9.17) is 0 Å². The number of rotatable bonds is 3. The quantitative estimate of drug-likeness (QED) is 0.914. The molecule has 4 nitrogen and oxygen atoms in total. The van der Waals surface area contributed by atoms with E-state index in [9.17, 15) is 18.4 Å². The largest absolute Gasteiger partial charge is 0.342 e. The molecule has 1 fully saturated rings. The van der Waals surface area contributed by atoms with E-state index < -0.39 is 23.1 Å². The molecule has 1 heterocycles. The molecule has 1 amide bonds. The molecule has 1 aromatic heterocycles. The van der Waals surface area contributed by atoms with Crippen molar-refractivity contribution in [2.24, 2.45) is 0 Å². The Hall–Kier alpha value is -2.50. The van der Waals surface area contributed by atoms with Crippen molar-refractivity contribution < 1.29 is 13.6 Å². The molecule has 6 heteroatoms. The minimum Gasteiger partial charge on any atom is -0.342 e. The van der Waals surface area contributed by atoms with Crippen LogP contribution >= 0.6 is 0 Å². The van der Waals surface area contributed by atoms with E-state index in [1.54, 1.807) is 6.92 Å². The fourth-order valence-corrected chi connectivity index (χ4v) is 2.55. The lowest BCUT2D eigenvalue weighted by atomic mass is 10.0. The Morgan fingerprint density at radius 3 is 2.59 bits per heavy atom. The molecule has 2 aromatic rings. The number of nitrogens with one attached hydrogen (secondary N) is 2. The number of carbonyl (C=O) groups excluding carboxylic acids is 1. The van der Waals surface area contributed by atoms with Gasteiger partial charge in [0.05, 0.1) is 5.54 Å². The maximum Gasteiger partial charge on any atom is 0.252 e. The van der Waals surface area contributed by atoms with Gasteiger partial charge in [0.15, 0.2) is 0 Å². The SMILES string of the molecule is Cc1cc(C(=O)NC2(c3cc(F)ccc3F)CC2)cc(=O)[nH]1. The van der Waals surface area contributed by atoms with Crippen molar-refractivity contribution in [3.8, 4) is 0 Å². The molecule has 1 aliphatic rings. The molecule has 1 aliphatic carbocycles. The molecular formula is C16H14F2N2O2. The molecular weight excluding hydrogens is 290 g/mol. The highest BCUT2D eigenvalue weighted by atomic mass is 19.1. The molecule has 0 spiro atoms. The lowest BCUT2D eigenvalue weighted by molar-refractivity contribution is 0.0929. The highest BCUT2D eigenvalue weighted by molar-refractivity contribution is 5.95. The molecule has 1 aromatic carbocycles. The first-order valence-corrected chi connectivity index (χ1v) is 6.89. The van der Waals surface area contributed by atoms with E-state index in [0.29, 0.717) is 18.5 Å². The number of carbonyl (C=O) groups is 1. The van der Waals surface area contributed by atoms with Crippen LogP contribution in [0, 0.1) is 18.6 Å². The second kappa shape index (κ2) is 5.05. The molecule has 0 atom stereocenters. The fraction of sp³-hybridized carbons (Fsp3) is 0.250. The van der Waals surface area contributed by atoms with Crippen molar-refractivity contribution in [2.45, 2.75) is 25.3 Å². The van der Waals surface area contributed by atoms with Crippen molar-refractivity contribution in [3.63, 3.8) is 0 Å². The van der Waals surface area contributed by atoms with Crippen LogP contribution in [0.2, 0.25) is 0 Å². The number of H-pyrrole nitrogens is 1. The minimum atomic E-state index is -0.889. The van der Waals surface area contributed by atoms with Crippen LogP contribution in [0.25, 0.3) is 0 Å². The van der Waals surface area contributed by atoms with Crippen molar-refractivity contribution in [3.05, 3.63) is 69.1 Å². The lowest BCUT2D eigenvalue weighted by Crippen LogP contribution is -2.36. The molecule has 0 bridgehead atoms. The summed E-state index contributed by atoms with van der Waals surface area (Å²) in [5.74, 6) is -1.58. The van der Waals surface area contributed by atoms with Gasteiger partial charge in [-0.05, 0) is 44.0 Å². The van der Waals surface area contributed by atoms with E-state index in [0.717, 1.165) is 18.2 Å². The van der Waals surface area contributed by atoms with Crippen molar-refractivity contribution in [1.29, 1.82) is 0 Å². The molecule has 22 heavy (non-hydrogen) atoms. The van der Waals surface area contributed by atoms with Crippen LogP contribution in [0.15, 0.2) is 35.1 Å². The third kappa shape index (κ3) is 2.64. The molecule has 0 unspecified atom stereocenters. The lowest BCUT2D eigenvalue weighted by Gasteiger charge is -2.19. The Labute approximate surface area is 125 Å². The van der Waals surface area contributed by atoms with Crippen LogP contribution in [-0.4, -0.2) is 10.9 Å². The van der Waals surface area contributed by atoms with Crippen molar-refractivity contribution in [2.75, 3.05) is 0 Å². The zero-order valence-corrected chi connectivity index (χ0v) is 11.9. The maximum absolute atomic E-state index is 13.9. The first-order chi connectivity index (χ1) is 10.4.